The third-order valence-electron chi connectivity index (χ3n) is 4.05. The number of methoxy groups -OCH3 is 1. The van der Waals surface area contributed by atoms with Crippen molar-refractivity contribution in [3.63, 3.8) is 0 Å². The van der Waals surface area contributed by atoms with Crippen molar-refractivity contribution in [2.45, 2.75) is 44.2 Å². The Bertz CT molecular complexity index is 424. The first-order valence-corrected chi connectivity index (χ1v) is 6.90. The fraction of sp³-hybridized carbons (Fsp3) is 0.600. The number of hydrogen-bond donors (Lipinski definition) is 2. The fourth-order valence-electron chi connectivity index (χ4n) is 2.92. The van der Waals surface area contributed by atoms with Gasteiger partial charge in [0.2, 0.25) is 0 Å². The minimum absolute atomic E-state index is 0. The lowest BCUT2D eigenvalue weighted by Crippen LogP contribution is -2.34. The van der Waals surface area contributed by atoms with Crippen LogP contribution in [0.4, 0.5) is 4.39 Å². The minimum atomic E-state index is -0.643. The van der Waals surface area contributed by atoms with Gasteiger partial charge in [-0.1, -0.05) is 19.3 Å². The molecule has 114 valence electrons. The molecule has 0 amide bonds. The molecule has 3 nitrogen and oxygen atoms in total. The van der Waals surface area contributed by atoms with Gasteiger partial charge in [-0.3, -0.25) is 0 Å². The van der Waals surface area contributed by atoms with Crippen LogP contribution in [-0.2, 0) is 0 Å². The van der Waals surface area contributed by atoms with E-state index in [-0.39, 0.29) is 24.1 Å². The molecule has 0 aromatic heterocycles. The van der Waals surface area contributed by atoms with Crippen molar-refractivity contribution < 1.29 is 14.2 Å². The van der Waals surface area contributed by atoms with Crippen LogP contribution in [0.2, 0.25) is 0 Å². The quantitative estimate of drug-likeness (QED) is 0.898. The number of aliphatic hydroxyl groups is 1. The molecule has 0 radical (unpaired) electrons. The average Bonchev–Trinajstić information content (AvgIpc) is 2.46. The van der Waals surface area contributed by atoms with Crippen LogP contribution in [0.15, 0.2) is 18.2 Å². The van der Waals surface area contributed by atoms with Gasteiger partial charge in [0.1, 0.15) is 11.6 Å². The third kappa shape index (κ3) is 3.84. The van der Waals surface area contributed by atoms with Gasteiger partial charge in [-0.05, 0) is 37.0 Å². The lowest BCUT2D eigenvalue weighted by atomic mass is 9.81. The van der Waals surface area contributed by atoms with E-state index in [2.05, 4.69) is 0 Å². The molecule has 1 aromatic rings. The van der Waals surface area contributed by atoms with E-state index in [0.29, 0.717) is 11.3 Å². The number of nitrogens with two attached hydrogens (primary N) is 1. The summed E-state index contributed by atoms with van der Waals surface area (Å²) in [6.07, 6.45) is 4.83. The lowest BCUT2D eigenvalue weighted by Gasteiger charge is -2.31. The zero-order valence-corrected chi connectivity index (χ0v) is 12.5. The highest BCUT2D eigenvalue weighted by molar-refractivity contribution is 5.85. The van der Waals surface area contributed by atoms with Crippen LogP contribution in [0.5, 0.6) is 5.75 Å². The van der Waals surface area contributed by atoms with Crippen LogP contribution >= 0.6 is 12.4 Å². The summed E-state index contributed by atoms with van der Waals surface area (Å²) in [5.41, 5.74) is 6.66. The maximum atomic E-state index is 13.4. The molecular formula is C15H23ClFNO2. The summed E-state index contributed by atoms with van der Waals surface area (Å²) >= 11 is 0. The first kappa shape index (κ1) is 17.2. The Morgan fingerprint density at radius 1 is 1.30 bits per heavy atom. The Kier molecular flexibility index (Phi) is 6.72. The van der Waals surface area contributed by atoms with Gasteiger partial charge in [0.15, 0.2) is 0 Å². The van der Waals surface area contributed by atoms with Crippen molar-refractivity contribution in [1.82, 2.24) is 0 Å². The normalized spacial score (nSPS) is 19.0. The highest BCUT2D eigenvalue weighted by atomic mass is 35.5. The van der Waals surface area contributed by atoms with Crippen molar-refractivity contribution in [2.24, 2.45) is 11.7 Å². The molecule has 2 rings (SSSR count). The molecule has 1 saturated carbocycles. The molecule has 2 atom stereocenters. The van der Waals surface area contributed by atoms with Crippen molar-refractivity contribution >= 4 is 12.4 Å². The first-order valence-electron chi connectivity index (χ1n) is 6.90. The molecule has 1 fully saturated rings. The van der Waals surface area contributed by atoms with E-state index in [4.69, 9.17) is 10.5 Å². The average molecular weight is 304 g/mol. The molecule has 3 N–H and O–H groups in total. The van der Waals surface area contributed by atoms with Crippen molar-refractivity contribution in [2.75, 3.05) is 7.11 Å². The predicted octanol–water partition coefficient (Wildman–Crippen LogP) is 3.20. The van der Waals surface area contributed by atoms with Crippen molar-refractivity contribution in [3.05, 3.63) is 29.6 Å². The van der Waals surface area contributed by atoms with E-state index in [1.807, 2.05) is 0 Å². The van der Waals surface area contributed by atoms with Gasteiger partial charge in [-0.2, -0.15) is 0 Å². The smallest absolute Gasteiger partial charge is 0.123 e. The van der Waals surface area contributed by atoms with E-state index >= 15 is 0 Å². The van der Waals surface area contributed by atoms with Crippen molar-refractivity contribution in [3.8, 4) is 5.75 Å². The number of rotatable bonds is 4. The maximum absolute atomic E-state index is 13.4. The van der Waals surface area contributed by atoms with Crippen LogP contribution in [0.1, 0.15) is 43.7 Å². The summed E-state index contributed by atoms with van der Waals surface area (Å²) < 4.78 is 18.6. The minimum Gasteiger partial charge on any atom is -0.496 e. The lowest BCUT2D eigenvalue weighted by molar-refractivity contribution is 0.0610. The van der Waals surface area contributed by atoms with E-state index in [1.54, 1.807) is 6.07 Å². The monoisotopic (exact) mass is 303 g/mol. The van der Waals surface area contributed by atoms with Crippen LogP contribution in [0.25, 0.3) is 0 Å². The molecule has 1 aliphatic carbocycles. The summed E-state index contributed by atoms with van der Waals surface area (Å²) in [5.74, 6) is 0.377. The molecule has 5 heteroatoms. The largest absolute Gasteiger partial charge is 0.496 e. The Hall–Kier alpha value is -0.840. The van der Waals surface area contributed by atoms with Crippen LogP contribution in [0, 0.1) is 11.7 Å². The van der Waals surface area contributed by atoms with Gasteiger partial charge in [0.25, 0.3) is 0 Å². The standard InChI is InChI=1S/C15H22FNO2.ClH/c1-19-13-8-7-11(16)9-12(13)14(17)15(18)10-5-3-2-4-6-10;/h7-10,14-15,18H,2-6,17H2,1H3;1H/t14-,15+;/m1./s1. The van der Waals surface area contributed by atoms with Crippen LogP contribution < -0.4 is 10.5 Å². The second-order valence-electron chi connectivity index (χ2n) is 5.30. The summed E-state index contributed by atoms with van der Waals surface area (Å²) in [4.78, 5) is 0. The molecule has 0 saturated heterocycles. The zero-order valence-electron chi connectivity index (χ0n) is 11.7. The SMILES string of the molecule is COc1ccc(F)cc1[C@@H](N)[C@@H](O)C1CCCCC1.Cl. The molecule has 0 aliphatic heterocycles. The van der Waals surface area contributed by atoms with Crippen molar-refractivity contribution in [1.29, 1.82) is 0 Å². The van der Waals surface area contributed by atoms with Gasteiger partial charge < -0.3 is 15.6 Å². The topological polar surface area (TPSA) is 55.5 Å². The second-order valence-corrected chi connectivity index (χ2v) is 5.30. The Morgan fingerprint density at radius 2 is 1.95 bits per heavy atom. The van der Waals surface area contributed by atoms with Gasteiger partial charge in [0, 0.05) is 5.56 Å². The van der Waals surface area contributed by atoms with Gasteiger partial charge >= 0.3 is 0 Å². The Labute approximate surface area is 125 Å². The second kappa shape index (κ2) is 7.81. The fourth-order valence-corrected chi connectivity index (χ4v) is 2.92. The molecule has 0 heterocycles. The Morgan fingerprint density at radius 3 is 2.55 bits per heavy atom. The number of halogens is 2. The number of ether oxygens (including phenoxy) is 1. The highest BCUT2D eigenvalue weighted by Crippen LogP contribution is 2.34. The predicted molar refractivity (Wildman–Crippen MR) is 79.7 cm³/mol. The molecule has 0 unspecified atom stereocenters. The Balaban J connectivity index is 0.00000200. The van der Waals surface area contributed by atoms with Crippen LogP contribution in [-0.4, -0.2) is 18.3 Å². The van der Waals surface area contributed by atoms with E-state index in [1.165, 1.54) is 25.7 Å². The first-order chi connectivity index (χ1) is 9.13. The summed E-state index contributed by atoms with van der Waals surface area (Å²) in [5, 5.41) is 10.4. The number of hydrogen-bond acceptors (Lipinski definition) is 3. The molecular weight excluding hydrogens is 281 g/mol. The number of benzene rings is 1. The summed E-state index contributed by atoms with van der Waals surface area (Å²) in [6, 6.07) is 3.64. The molecule has 0 spiro atoms. The van der Waals surface area contributed by atoms with E-state index < -0.39 is 12.1 Å². The maximum Gasteiger partial charge on any atom is 0.123 e. The van der Waals surface area contributed by atoms with Crippen LogP contribution in [0.3, 0.4) is 0 Å². The molecule has 0 bridgehead atoms. The van der Waals surface area contributed by atoms with Gasteiger partial charge in [0.05, 0.1) is 19.3 Å². The van der Waals surface area contributed by atoms with E-state index in [0.717, 1.165) is 25.7 Å². The zero-order chi connectivity index (χ0) is 13.8. The highest BCUT2D eigenvalue weighted by Gasteiger charge is 2.29. The molecule has 1 aliphatic rings. The van der Waals surface area contributed by atoms with E-state index in [9.17, 15) is 9.50 Å². The van der Waals surface area contributed by atoms with Gasteiger partial charge in [-0.15, -0.1) is 12.4 Å². The molecule has 1 aromatic carbocycles. The third-order valence-corrected chi connectivity index (χ3v) is 4.05. The number of aliphatic hydroxyl groups excluding tert-OH is 1. The summed E-state index contributed by atoms with van der Waals surface area (Å²) in [7, 11) is 1.52. The summed E-state index contributed by atoms with van der Waals surface area (Å²) in [6.45, 7) is 0. The van der Waals surface area contributed by atoms with Gasteiger partial charge in [-0.25, -0.2) is 4.39 Å². The molecule has 20 heavy (non-hydrogen) atoms.